The number of likely N-dealkylation sites (N-methyl/N-ethyl adjacent to an activating group) is 1. The summed E-state index contributed by atoms with van der Waals surface area (Å²) < 4.78 is 0. The van der Waals surface area contributed by atoms with Gasteiger partial charge in [-0.3, -0.25) is 5.10 Å². The maximum atomic E-state index is 9.89. The van der Waals surface area contributed by atoms with Gasteiger partial charge in [-0.25, -0.2) is 0 Å². The number of hydrogen-bond donors (Lipinski definition) is 4. The van der Waals surface area contributed by atoms with Crippen molar-refractivity contribution in [1.29, 1.82) is 0 Å². The van der Waals surface area contributed by atoms with Crippen molar-refractivity contribution in [2.24, 2.45) is 0 Å². The fraction of sp³-hybridized carbons (Fsp3) is 0.364. The van der Waals surface area contributed by atoms with Crippen molar-refractivity contribution in [2.75, 3.05) is 13.6 Å². The van der Waals surface area contributed by atoms with Crippen LogP contribution in [0, 0.1) is 0 Å². The third-order valence-electron chi connectivity index (χ3n) is 2.59. The Morgan fingerprint density at radius 3 is 3.00 bits per heavy atom. The van der Waals surface area contributed by atoms with Crippen molar-refractivity contribution in [1.82, 2.24) is 15.5 Å². The van der Waals surface area contributed by atoms with Crippen LogP contribution in [0.15, 0.2) is 24.4 Å². The number of aliphatic hydroxyl groups is 2. The van der Waals surface area contributed by atoms with Crippen LogP contribution >= 0.6 is 0 Å². The van der Waals surface area contributed by atoms with Gasteiger partial charge < -0.3 is 15.5 Å². The summed E-state index contributed by atoms with van der Waals surface area (Å²) in [7, 11) is 1.73. The van der Waals surface area contributed by atoms with Crippen LogP contribution in [0.3, 0.4) is 0 Å². The van der Waals surface area contributed by atoms with E-state index in [0.717, 1.165) is 10.9 Å². The van der Waals surface area contributed by atoms with Crippen molar-refractivity contribution in [2.45, 2.75) is 12.2 Å². The molecule has 0 fully saturated rings. The summed E-state index contributed by atoms with van der Waals surface area (Å²) in [6, 6.07) is 5.46. The fourth-order valence-electron chi connectivity index (χ4n) is 1.68. The zero-order valence-electron chi connectivity index (χ0n) is 9.01. The molecule has 0 bridgehead atoms. The Hall–Kier alpha value is -1.43. The van der Waals surface area contributed by atoms with E-state index < -0.39 is 12.2 Å². The Kier molecular flexibility index (Phi) is 3.19. The van der Waals surface area contributed by atoms with E-state index in [4.69, 9.17) is 0 Å². The lowest BCUT2D eigenvalue weighted by Crippen LogP contribution is -2.29. The van der Waals surface area contributed by atoms with Crippen molar-refractivity contribution in [3.05, 3.63) is 30.0 Å². The number of aliphatic hydroxyl groups excluding tert-OH is 2. The number of nitrogens with zero attached hydrogens (tertiary/aromatic N) is 1. The lowest BCUT2D eigenvalue weighted by molar-refractivity contribution is 0.0203. The van der Waals surface area contributed by atoms with Crippen LogP contribution in [0.2, 0.25) is 0 Å². The first kappa shape index (κ1) is 11.1. The van der Waals surface area contributed by atoms with E-state index in [1.165, 1.54) is 0 Å². The third kappa shape index (κ3) is 2.06. The van der Waals surface area contributed by atoms with Crippen LogP contribution < -0.4 is 5.32 Å². The van der Waals surface area contributed by atoms with Crippen LogP contribution in [-0.4, -0.2) is 40.1 Å². The summed E-state index contributed by atoms with van der Waals surface area (Å²) >= 11 is 0. The van der Waals surface area contributed by atoms with E-state index in [1.54, 1.807) is 25.4 Å². The highest BCUT2D eigenvalue weighted by Crippen LogP contribution is 2.20. The molecule has 2 atom stereocenters. The molecule has 1 aromatic heterocycles. The topological polar surface area (TPSA) is 81.2 Å². The van der Waals surface area contributed by atoms with Gasteiger partial charge in [-0.05, 0) is 18.7 Å². The van der Waals surface area contributed by atoms with Gasteiger partial charge in [0.05, 0.1) is 17.8 Å². The summed E-state index contributed by atoms with van der Waals surface area (Å²) in [6.07, 6.45) is 0.0146. The van der Waals surface area contributed by atoms with Gasteiger partial charge in [0.1, 0.15) is 6.10 Å². The molecule has 0 amide bonds. The highest BCUT2D eigenvalue weighted by Gasteiger charge is 2.17. The van der Waals surface area contributed by atoms with Gasteiger partial charge in [-0.1, -0.05) is 12.1 Å². The number of aromatic nitrogens is 2. The van der Waals surface area contributed by atoms with E-state index in [0.29, 0.717) is 12.1 Å². The minimum absolute atomic E-state index is 0.349. The highest BCUT2D eigenvalue weighted by atomic mass is 16.3. The Morgan fingerprint density at radius 2 is 2.25 bits per heavy atom. The standard InChI is InChI=1S/C11H15N3O2/c1-12-6-10(15)11(16)7-2-3-8-5-13-14-9(8)4-7/h2-5,10-12,15-16H,6H2,1H3,(H,13,14). The van der Waals surface area contributed by atoms with Crippen molar-refractivity contribution in [3.8, 4) is 0 Å². The first-order chi connectivity index (χ1) is 7.72. The minimum atomic E-state index is -0.889. The molecule has 0 saturated carbocycles. The maximum Gasteiger partial charge on any atom is 0.106 e. The second-order valence-corrected chi connectivity index (χ2v) is 3.79. The molecule has 0 saturated heterocycles. The summed E-state index contributed by atoms with van der Waals surface area (Å²) in [4.78, 5) is 0. The van der Waals surface area contributed by atoms with Crippen LogP contribution in [0.5, 0.6) is 0 Å². The quantitative estimate of drug-likeness (QED) is 0.593. The van der Waals surface area contributed by atoms with Crippen LogP contribution in [0.1, 0.15) is 11.7 Å². The van der Waals surface area contributed by atoms with Gasteiger partial charge in [0.15, 0.2) is 0 Å². The minimum Gasteiger partial charge on any atom is -0.389 e. The molecule has 0 aliphatic carbocycles. The second kappa shape index (κ2) is 4.61. The lowest BCUT2D eigenvalue weighted by Gasteiger charge is -2.17. The molecule has 5 nitrogen and oxygen atoms in total. The summed E-state index contributed by atoms with van der Waals surface area (Å²) in [6.45, 7) is 0.349. The molecular weight excluding hydrogens is 206 g/mol. The molecular formula is C11H15N3O2. The van der Waals surface area contributed by atoms with E-state index in [-0.39, 0.29) is 0 Å². The Morgan fingerprint density at radius 1 is 1.44 bits per heavy atom. The molecule has 2 aromatic rings. The van der Waals surface area contributed by atoms with Gasteiger partial charge in [0, 0.05) is 11.9 Å². The summed E-state index contributed by atoms with van der Waals surface area (Å²) in [5.74, 6) is 0. The Bertz CT molecular complexity index is 469. The van der Waals surface area contributed by atoms with Crippen LogP contribution in [-0.2, 0) is 0 Å². The van der Waals surface area contributed by atoms with Crippen molar-refractivity contribution >= 4 is 10.9 Å². The molecule has 0 aliphatic heterocycles. The Balaban J connectivity index is 2.24. The Labute approximate surface area is 93.1 Å². The first-order valence-corrected chi connectivity index (χ1v) is 5.16. The largest absolute Gasteiger partial charge is 0.389 e. The molecule has 0 aliphatic rings. The van der Waals surface area contributed by atoms with Crippen molar-refractivity contribution < 1.29 is 10.2 Å². The number of rotatable bonds is 4. The monoisotopic (exact) mass is 221 g/mol. The molecule has 4 N–H and O–H groups in total. The second-order valence-electron chi connectivity index (χ2n) is 3.79. The molecule has 1 heterocycles. The van der Waals surface area contributed by atoms with Gasteiger partial charge >= 0.3 is 0 Å². The average Bonchev–Trinajstić information content (AvgIpc) is 2.75. The molecule has 0 radical (unpaired) electrons. The summed E-state index contributed by atoms with van der Waals surface area (Å²) in [5.41, 5.74) is 1.53. The predicted molar refractivity (Wildman–Crippen MR) is 61.0 cm³/mol. The van der Waals surface area contributed by atoms with E-state index in [9.17, 15) is 10.2 Å². The number of H-pyrrole nitrogens is 1. The molecule has 1 aromatic carbocycles. The van der Waals surface area contributed by atoms with Crippen molar-refractivity contribution in [3.63, 3.8) is 0 Å². The molecule has 0 spiro atoms. The number of benzene rings is 1. The summed E-state index contributed by atoms with van der Waals surface area (Å²) in [5, 5.41) is 30.1. The zero-order valence-corrected chi connectivity index (χ0v) is 9.01. The van der Waals surface area contributed by atoms with E-state index in [2.05, 4.69) is 15.5 Å². The van der Waals surface area contributed by atoms with Crippen LogP contribution in [0.4, 0.5) is 0 Å². The number of nitrogens with one attached hydrogen (secondary N) is 2. The zero-order chi connectivity index (χ0) is 11.5. The maximum absolute atomic E-state index is 9.89. The third-order valence-corrected chi connectivity index (χ3v) is 2.59. The molecule has 5 heteroatoms. The van der Waals surface area contributed by atoms with Crippen LogP contribution in [0.25, 0.3) is 10.9 Å². The van der Waals surface area contributed by atoms with Gasteiger partial charge in [0.2, 0.25) is 0 Å². The number of fused-ring (bicyclic) bond motifs is 1. The fourth-order valence-corrected chi connectivity index (χ4v) is 1.68. The normalized spacial score (nSPS) is 15.2. The number of hydrogen-bond acceptors (Lipinski definition) is 4. The molecule has 86 valence electrons. The predicted octanol–water partition coefficient (Wildman–Crippen LogP) is 0.177. The average molecular weight is 221 g/mol. The van der Waals surface area contributed by atoms with Gasteiger partial charge in [-0.2, -0.15) is 5.10 Å². The van der Waals surface area contributed by atoms with Gasteiger partial charge in [-0.15, -0.1) is 0 Å². The molecule has 2 rings (SSSR count). The highest BCUT2D eigenvalue weighted by molar-refractivity contribution is 5.78. The smallest absolute Gasteiger partial charge is 0.106 e. The SMILES string of the molecule is CNCC(O)C(O)c1ccc2cn[nH]c2c1. The molecule has 2 unspecified atom stereocenters. The first-order valence-electron chi connectivity index (χ1n) is 5.16. The van der Waals surface area contributed by atoms with E-state index >= 15 is 0 Å². The lowest BCUT2D eigenvalue weighted by atomic mass is 10.0. The number of aromatic amines is 1. The van der Waals surface area contributed by atoms with Gasteiger partial charge in [0.25, 0.3) is 0 Å². The molecule has 16 heavy (non-hydrogen) atoms. The van der Waals surface area contributed by atoms with E-state index in [1.807, 2.05) is 6.07 Å².